The first-order valence-corrected chi connectivity index (χ1v) is 12.2. The topological polar surface area (TPSA) is 76.2 Å². The van der Waals surface area contributed by atoms with E-state index in [0.717, 1.165) is 24.1 Å². The first-order chi connectivity index (χ1) is 14.9. The molecular weight excluding hydrogens is 416 g/mol. The molecule has 0 fully saturated rings. The van der Waals surface area contributed by atoms with Gasteiger partial charge in [-0.05, 0) is 43.5 Å². The summed E-state index contributed by atoms with van der Waals surface area (Å²) in [7, 11) is -3.88. The summed E-state index contributed by atoms with van der Waals surface area (Å²) >= 11 is 0. The Hall–Kier alpha value is -2.58. The van der Waals surface area contributed by atoms with Gasteiger partial charge in [-0.3, -0.25) is 4.79 Å². The van der Waals surface area contributed by atoms with Gasteiger partial charge in [0, 0.05) is 24.3 Å². The van der Waals surface area contributed by atoms with E-state index >= 15 is 0 Å². The van der Waals surface area contributed by atoms with Gasteiger partial charge < -0.3 is 14.4 Å². The molecule has 0 unspecified atom stereocenters. The molecule has 7 nitrogen and oxygen atoms in total. The van der Waals surface area contributed by atoms with Gasteiger partial charge in [0.05, 0.1) is 11.4 Å². The zero-order valence-electron chi connectivity index (χ0n) is 17.9. The molecule has 166 valence electrons. The molecule has 1 amide bonds. The molecule has 4 rings (SSSR count). The van der Waals surface area contributed by atoms with Gasteiger partial charge in [-0.2, -0.15) is 4.31 Å². The quantitative estimate of drug-likeness (QED) is 0.655. The Morgan fingerprint density at radius 1 is 1.13 bits per heavy atom. The Morgan fingerprint density at radius 2 is 1.87 bits per heavy atom. The third kappa shape index (κ3) is 4.27. The van der Waals surface area contributed by atoms with Crippen molar-refractivity contribution in [2.75, 3.05) is 31.2 Å². The van der Waals surface area contributed by atoms with Gasteiger partial charge in [-0.15, -0.1) is 0 Å². The van der Waals surface area contributed by atoms with Crippen molar-refractivity contribution >= 4 is 21.6 Å². The number of benzene rings is 2. The number of para-hydroxylation sites is 1. The average molecular weight is 445 g/mol. The second-order valence-electron chi connectivity index (χ2n) is 7.94. The van der Waals surface area contributed by atoms with Gasteiger partial charge in [0.2, 0.25) is 15.9 Å². The first-order valence-electron chi connectivity index (χ1n) is 10.7. The van der Waals surface area contributed by atoms with Gasteiger partial charge >= 0.3 is 0 Å². The molecule has 0 saturated carbocycles. The number of hydrogen-bond donors (Lipinski definition) is 0. The second-order valence-corrected chi connectivity index (χ2v) is 9.88. The van der Waals surface area contributed by atoms with Crippen molar-refractivity contribution in [3.05, 3.63) is 48.0 Å². The van der Waals surface area contributed by atoms with Crippen LogP contribution in [-0.2, 0) is 21.2 Å². The second kappa shape index (κ2) is 8.88. The zero-order chi connectivity index (χ0) is 22.0. The Balaban J connectivity index is 1.60. The number of rotatable bonds is 7. The van der Waals surface area contributed by atoms with Crippen molar-refractivity contribution in [3.63, 3.8) is 0 Å². The minimum absolute atomic E-state index is 0.00470. The molecule has 0 radical (unpaired) electrons. The third-order valence-corrected chi connectivity index (χ3v) is 7.54. The number of sulfonamides is 1. The summed E-state index contributed by atoms with van der Waals surface area (Å²) in [6.07, 6.45) is 2.26. The lowest BCUT2D eigenvalue weighted by atomic mass is 10.1. The number of anilines is 1. The number of ether oxygens (including phenoxy) is 2. The molecule has 2 aliphatic rings. The summed E-state index contributed by atoms with van der Waals surface area (Å²) in [6.45, 7) is 4.88. The number of unbranched alkanes of at least 4 members (excludes halogenated alkanes) is 1. The van der Waals surface area contributed by atoms with Gasteiger partial charge in [-0.25, -0.2) is 8.42 Å². The molecule has 0 saturated heterocycles. The highest BCUT2D eigenvalue weighted by molar-refractivity contribution is 7.89. The lowest BCUT2D eigenvalue weighted by molar-refractivity contribution is -0.119. The monoisotopic (exact) mass is 444 g/mol. The number of carbonyl (C=O) groups is 1. The summed E-state index contributed by atoms with van der Waals surface area (Å²) in [4.78, 5) is 15.1. The number of nitrogens with zero attached hydrogens (tertiary/aromatic N) is 2. The van der Waals surface area contributed by atoms with Crippen molar-refractivity contribution in [1.82, 2.24) is 4.31 Å². The molecule has 2 aliphatic heterocycles. The molecule has 2 aromatic rings. The molecule has 0 aliphatic carbocycles. The molecular formula is C23H28N2O5S. The predicted octanol–water partition coefficient (Wildman–Crippen LogP) is 3.23. The van der Waals surface area contributed by atoms with Crippen molar-refractivity contribution in [2.24, 2.45) is 0 Å². The van der Waals surface area contributed by atoms with Crippen molar-refractivity contribution < 1.29 is 22.7 Å². The van der Waals surface area contributed by atoms with Crippen LogP contribution < -0.4 is 14.4 Å². The highest BCUT2D eigenvalue weighted by Crippen LogP contribution is 2.34. The van der Waals surface area contributed by atoms with E-state index in [-0.39, 0.29) is 29.9 Å². The predicted molar refractivity (Wildman–Crippen MR) is 118 cm³/mol. The molecule has 1 atom stereocenters. The molecule has 0 bridgehead atoms. The number of carbonyl (C=O) groups excluding carboxylic acids is 1. The normalized spacial score (nSPS) is 17.6. The molecule has 2 aromatic carbocycles. The maximum Gasteiger partial charge on any atom is 0.243 e. The molecule has 8 heteroatoms. The molecule has 2 heterocycles. The summed E-state index contributed by atoms with van der Waals surface area (Å²) in [5.41, 5.74) is 1.98. The van der Waals surface area contributed by atoms with E-state index in [2.05, 4.69) is 0 Å². The Labute approximate surface area is 183 Å². The van der Waals surface area contributed by atoms with Crippen molar-refractivity contribution in [2.45, 2.75) is 44.0 Å². The minimum Gasteiger partial charge on any atom is -0.486 e. The SMILES string of the molecule is CCCCN(CC(=O)N1c2ccccc2C[C@H]1C)S(=O)(=O)c1ccc2c(c1)OCCO2. The van der Waals surface area contributed by atoms with Crippen LogP contribution in [0.2, 0.25) is 0 Å². The third-order valence-electron chi connectivity index (χ3n) is 5.70. The maximum atomic E-state index is 13.5. The minimum atomic E-state index is -3.88. The van der Waals surface area contributed by atoms with Crippen LogP contribution in [0.15, 0.2) is 47.4 Å². The van der Waals surface area contributed by atoms with Crippen molar-refractivity contribution in [3.8, 4) is 11.5 Å². The van der Waals surface area contributed by atoms with Gasteiger partial charge in [0.1, 0.15) is 13.2 Å². The molecule has 31 heavy (non-hydrogen) atoms. The zero-order valence-corrected chi connectivity index (χ0v) is 18.7. The van der Waals surface area contributed by atoms with Gasteiger partial charge in [-0.1, -0.05) is 31.5 Å². The largest absolute Gasteiger partial charge is 0.486 e. The van der Waals surface area contributed by atoms with Crippen LogP contribution in [0.3, 0.4) is 0 Å². The van der Waals surface area contributed by atoms with E-state index in [4.69, 9.17) is 9.47 Å². The number of hydrogen-bond acceptors (Lipinski definition) is 5. The van der Waals surface area contributed by atoms with Gasteiger partial charge in [0.15, 0.2) is 11.5 Å². The van der Waals surface area contributed by atoms with Crippen LogP contribution >= 0.6 is 0 Å². The van der Waals surface area contributed by atoms with E-state index < -0.39 is 10.0 Å². The van der Waals surface area contributed by atoms with Gasteiger partial charge in [0.25, 0.3) is 0 Å². The Morgan fingerprint density at radius 3 is 2.65 bits per heavy atom. The van der Waals surface area contributed by atoms with Crippen LogP contribution in [-0.4, -0.2) is 51.0 Å². The fourth-order valence-corrected chi connectivity index (χ4v) is 5.57. The molecule has 0 aromatic heterocycles. The van der Waals surface area contributed by atoms with E-state index in [9.17, 15) is 13.2 Å². The highest BCUT2D eigenvalue weighted by atomic mass is 32.2. The number of amides is 1. The van der Waals surface area contributed by atoms with Crippen LogP contribution in [0, 0.1) is 0 Å². The van der Waals surface area contributed by atoms with Crippen LogP contribution in [0.1, 0.15) is 32.3 Å². The van der Waals surface area contributed by atoms with E-state index in [1.807, 2.05) is 38.1 Å². The summed E-state index contributed by atoms with van der Waals surface area (Å²) in [5, 5.41) is 0. The van der Waals surface area contributed by atoms with Crippen LogP contribution in [0.25, 0.3) is 0 Å². The smallest absolute Gasteiger partial charge is 0.243 e. The average Bonchev–Trinajstić information content (AvgIpc) is 3.11. The molecule has 0 N–H and O–H groups in total. The Bertz CT molecular complexity index is 1070. The lowest BCUT2D eigenvalue weighted by Gasteiger charge is -2.28. The van der Waals surface area contributed by atoms with E-state index in [0.29, 0.717) is 31.1 Å². The van der Waals surface area contributed by atoms with E-state index in [1.165, 1.54) is 16.4 Å². The fourth-order valence-electron chi connectivity index (χ4n) is 4.12. The summed E-state index contributed by atoms with van der Waals surface area (Å²) < 4.78 is 39.3. The first kappa shape index (κ1) is 21.6. The summed E-state index contributed by atoms with van der Waals surface area (Å²) in [5.74, 6) is 0.731. The van der Waals surface area contributed by atoms with E-state index in [1.54, 1.807) is 11.0 Å². The fraction of sp³-hybridized carbons (Fsp3) is 0.435. The summed E-state index contributed by atoms with van der Waals surface area (Å²) in [6, 6.07) is 12.4. The number of fused-ring (bicyclic) bond motifs is 2. The van der Waals surface area contributed by atoms with Crippen molar-refractivity contribution in [1.29, 1.82) is 0 Å². The standard InChI is InChI=1S/C23H28N2O5S/c1-3-4-11-24(16-23(26)25-17(2)14-18-7-5-6-8-20(18)25)31(27,28)19-9-10-21-22(15-19)30-13-12-29-21/h5-10,15,17H,3-4,11-14,16H2,1-2H3/t17-/m1/s1. The van der Waals surface area contributed by atoms with Crippen LogP contribution in [0.4, 0.5) is 5.69 Å². The lowest BCUT2D eigenvalue weighted by Crippen LogP contribution is -2.45. The highest BCUT2D eigenvalue weighted by Gasteiger charge is 2.34. The molecule has 0 spiro atoms. The Kier molecular flexibility index (Phi) is 6.20. The maximum absolute atomic E-state index is 13.5. The van der Waals surface area contributed by atoms with Crippen LogP contribution in [0.5, 0.6) is 11.5 Å².